The number of esters is 2. The fourth-order valence-corrected chi connectivity index (χ4v) is 7.17. The molecule has 1 heterocycles. The van der Waals surface area contributed by atoms with E-state index < -0.39 is 59.5 Å². The van der Waals surface area contributed by atoms with Crippen LogP contribution in [0.2, 0.25) is 0 Å². The topological polar surface area (TPSA) is 170 Å². The lowest BCUT2D eigenvalue weighted by Gasteiger charge is -2.31. The molecule has 0 unspecified atom stereocenters. The molecule has 12 nitrogen and oxygen atoms in total. The Labute approximate surface area is 350 Å². The minimum absolute atomic E-state index is 0.00533. The van der Waals surface area contributed by atoms with Gasteiger partial charge in [0.15, 0.2) is 0 Å². The van der Waals surface area contributed by atoms with Crippen LogP contribution in [0, 0.1) is 0 Å². The van der Waals surface area contributed by atoms with Crippen LogP contribution in [0.15, 0.2) is 127 Å². The Morgan fingerprint density at radius 1 is 0.883 bits per heavy atom. The average Bonchev–Trinajstić information content (AvgIpc) is 3.64. The first-order valence-corrected chi connectivity index (χ1v) is 20.2. The van der Waals surface area contributed by atoms with Crippen LogP contribution in [0.3, 0.4) is 0 Å². The number of aromatic hydroxyl groups is 1. The number of aliphatic hydroxyl groups excluding tert-OH is 1. The van der Waals surface area contributed by atoms with Gasteiger partial charge in [0, 0.05) is 42.5 Å². The van der Waals surface area contributed by atoms with Crippen LogP contribution in [-0.4, -0.2) is 77.1 Å². The zero-order valence-corrected chi connectivity index (χ0v) is 34.0. The highest BCUT2D eigenvalue weighted by Crippen LogP contribution is 2.47. The zero-order valence-electron chi connectivity index (χ0n) is 34.0. The molecule has 0 saturated carbocycles. The molecule has 1 aliphatic heterocycles. The number of allylic oxidation sites excluding steroid dienone is 1. The Morgan fingerprint density at radius 3 is 2.23 bits per heavy atom. The molecule has 12 heteroatoms. The van der Waals surface area contributed by atoms with E-state index >= 15 is 0 Å². The number of hydrogen-bond acceptors (Lipinski definition) is 10. The number of phenols is 1. The van der Waals surface area contributed by atoms with E-state index in [1.807, 2.05) is 91.0 Å². The molecule has 1 aliphatic carbocycles. The second-order valence-corrected chi connectivity index (χ2v) is 15.8. The number of phenolic OH excluding ortho intramolecular Hbond substituents is 1. The summed E-state index contributed by atoms with van der Waals surface area (Å²) in [4.78, 5) is 52.6. The number of carbonyl (C=O) groups is 4. The fourth-order valence-electron chi connectivity index (χ4n) is 7.17. The number of nitrogens with one attached hydrogen (secondary N) is 2. The second-order valence-electron chi connectivity index (χ2n) is 15.8. The fraction of sp³-hybridized carbons (Fsp3) is 0.333. The predicted molar refractivity (Wildman–Crippen MR) is 224 cm³/mol. The molecule has 1 fully saturated rings. The molecule has 2 aliphatic rings. The summed E-state index contributed by atoms with van der Waals surface area (Å²) < 4.78 is 25.1. The highest BCUT2D eigenvalue weighted by atomic mass is 16.8. The van der Waals surface area contributed by atoms with Gasteiger partial charge in [-0.2, -0.15) is 0 Å². The molecule has 4 aromatic rings. The van der Waals surface area contributed by atoms with Crippen molar-refractivity contribution in [3.8, 4) is 5.75 Å². The molecule has 0 spiro atoms. The number of aliphatic hydroxyl groups is 1. The molecule has 1 saturated heterocycles. The van der Waals surface area contributed by atoms with E-state index in [0.717, 1.165) is 22.3 Å². The number of amides is 2. The van der Waals surface area contributed by atoms with Crippen LogP contribution >= 0.6 is 0 Å². The minimum Gasteiger partial charge on any atom is -0.508 e. The first-order valence-electron chi connectivity index (χ1n) is 20.2. The minimum atomic E-state index is -1.38. The van der Waals surface area contributed by atoms with Crippen LogP contribution < -0.4 is 10.6 Å². The van der Waals surface area contributed by atoms with Gasteiger partial charge in [-0.05, 0) is 69.0 Å². The molecule has 0 radical (unpaired) electrons. The normalized spacial score (nSPS) is 18.8. The van der Waals surface area contributed by atoms with Gasteiger partial charge in [-0.25, -0.2) is 4.79 Å². The van der Waals surface area contributed by atoms with Crippen LogP contribution in [0.5, 0.6) is 5.75 Å². The Morgan fingerprint density at radius 2 is 1.57 bits per heavy atom. The number of ether oxygens (including phenoxy) is 4. The molecule has 4 N–H and O–H groups in total. The SMILES string of the molecule is CC(C)(C)OC(=O)CC[C@@H](CO)NC(=O)CCNC(=O)C1=C[C@H]2OC(c3ccccc3)(c3ccccc3)O[C@H]2[C@H](OC(=O)c2cccc(C=CCc3ccccc3O)c2)C1. The summed E-state index contributed by atoms with van der Waals surface area (Å²) in [6.07, 6.45) is 3.53. The maximum atomic E-state index is 13.9. The van der Waals surface area contributed by atoms with Crippen molar-refractivity contribution >= 4 is 29.8 Å². The van der Waals surface area contributed by atoms with E-state index in [1.54, 1.807) is 57.2 Å². The summed E-state index contributed by atoms with van der Waals surface area (Å²) >= 11 is 0. The van der Waals surface area contributed by atoms with Crippen LogP contribution in [0.25, 0.3) is 6.08 Å². The molecular weight excluding hydrogens is 765 g/mol. The third-order valence-corrected chi connectivity index (χ3v) is 10.0. The van der Waals surface area contributed by atoms with Crippen molar-refractivity contribution in [3.63, 3.8) is 0 Å². The van der Waals surface area contributed by atoms with E-state index in [2.05, 4.69) is 10.6 Å². The molecule has 0 aromatic heterocycles. The Bertz CT molecular complexity index is 2140. The highest BCUT2D eigenvalue weighted by molar-refractivity contribution is 5.94. The molecule has 6 rings (SSSR count). The van der Waals surface area contributed by atoms with Crippen molar-refractivity contribution in [2.24, 2.45) is 0 Å². The van der Waals surface area contributed by atoms with Gasteiger partial charge < -0.3 is 39.8 Å². The summed E-state index contributed by atoms with van der Waals surface area (Å²) in [6.45, 7) is 4.89. The lowest BCUT2D eigenvalue weighted by atomic mass is 9.91. The maximum absolute atomic E-state index is 13.9. The van der Waals surface area contributed by atoms with E-state index in [-0.39, 0.29) is 44.6 Å². The molecule has 4 aromatic carbocycles. The third-order valence-electron chi connectivity index (χ3n) is 10.0. The van der Waals surface area contributed by atoms with Crippen molar-refractivity contribution < 1.29 is 48.3 Å². The molecular formula is C48H52N2O10. The second kappa shape index (κ2) is 19.8. The van der Waals surface area contributed by atoms with Gasteiger partial charge in [0.25, 0.3) is 0 Å². The van der Waals surface area contributed by atoms with Gasteiger partial charge >= 0.3 is 11.9 Å². The van der Waals surface area contributed by atoms with E-state index in [0.29, 0.717) is 17.6 Å². The van der Waals surface area contributed by atoms with Crippen molar-refractivity contribution in [1.82, 2.24) is 10.6 Å². The number of hydrogen-bond donors (Lipinski definition) is 4. The molecule has 4 atom stereocenters. The van der Waals surface area contributed by atoms with Gasteiger partial charge in [-0.15, -0.1) is 0 Å². The van der Waals surface area contributed by atoms with Crippen molar-refractivity contribution in [2.75, 3.05) is 13.2 Å². The highest BCUT2D eigenvalue weighted by Gasteiger charge is 2.55. The monoisotopic (exact) mass is 816 g/mol. The quantitative estimate of drug-likeness (QED) is 0.0943. The van der Waals surface area contributed by atoms with Crippen molar-refractivity contribution in [1.29, 1.82) is 0 Å². The summed E-state index contributed by atoms with van der Waals surface area (Å²) in [5.41, 5.74) is 2.91. The van der Waals surface area contributed by atoms with Gasteiger partial charge in [0.1, 0.15) is 29.7 Å². The smallest absolute Gasteiger partial charge is 0.338 e. The number of fused-ring (bicyclic) bond motifs is 1. The van der Waals surface area contributed by atoms with Gasteiger partial charge in [0.05, 0.1) is 18.2 Å². The largest absolute Gasteiger partial charge is 0.508 e. The molecule has 60 heavy (non-hydrogen) atoms. The number of benzene rings is 4. The Hall–Kier alpha value is -6.08. The Kier molecular flexibility index (Phi) is 14.3. The Balaban J connectivity index is 1.17. The van der Waals surface area contributed by atoms with Crippen LogP contribution in [0.1, 0.15) is 79.1 Å². The van der Waals surface area contributed by atoms with Crippen molar-refractivity contribution in [3.05, 3.63) is 155 Å². The first kappa shape index (κ1) is 43.5. The van der Waals surface area contributed by atoms with E-state index in [1.165, 1.54) is 0 Å². The number of carbonyl (C=O) groups excluding carboxylic acids is 4. The summed E-state index contributed by atoms with van der Waals surface area (Å²) in [5, 5.41) is 25.4. The number of rotatable bonds is 16. The maximum Gasteiger partial charge on any atom is 0.338 e. The standard InChI is InChI=1S/C48H52N2O10/c1-47(2,3)59-43(54)25-24-38(31-51)50-42(53)26-27-49-45(55)35-29-40(57-46(56)34-18-13-15-32(28-34)14-12-17-33-16-10-11-23-39(33)52)44-41(30-35)58-48(60-44,36-19-6-4-7-20-36)37-21-8-5-9-22-37/h4-16,18-23,28,30,38,40-41,44,51-52H,17,24-27,29,31H2,1-3H3,(H,49,55)(H,50,53)/t38-,40+,41+,44-/m0/s1. The summed E-state index contributed by atoms with van der Waals surface area (Å²) in [5.74, 6) is -3.10. The molecule has 0 bridgehead atoms. The van der Waals surface area contributed by atoms with Gasteiger partial charge in [-0.1, -0.05) is 103 Å². The van der Waals surface area contributed by atoms with Crippen molar-refractivity contribution in [2.45, 2.75) is 88.6 Å². The van der Waals surface area contributed by atoms with Crippen LogP contribution in [0.4, 0.5) is 0 Å². The molecule has 2 amide bonds. The molecule has 314 valence electrons. The first-order chi connectivity index (χ1) is 28.8. The average molecular weight is 817 g/mol. The third kappa shape index (κ3) is 11.3. The summed E-state index contributed by atoms with van der Waals surface area (Å²) in [7, 11) is 0. The van der Waals surface area contributed by atoms with E-state index in [9.17, 15) is 29.4 Å². The number of para-hydroxylation sites is 1. The van der Waals surface area contributed by atoms with E-state index in [4.69, 9.17) is 18.9 Å². The predicted octanol–water partition coefficient (Wildman–Crippen LogP) is 6.29. The van der Waals surface area contributed by atoms with Gasteiger partial charge in [0.2, 0.25) is 17.6 Å². The summed E-state index contributed by atoms with van der Waals surface area (Å²) in [6, 6.07) is 32.3. The lowest BCUT2D eigenvalue weighted by Crippen LogP contribution is -2.44. The van der Waals surface area contributed by atoms with Gasteiger partial charge in [-0.3, -0.25) is 14.4 Å². The van der Waals surface area contributed by atoms with Crippen LogP contribution in [-0.2, 0) is 45.5 Å². The lowest BCUT2D eigenvalue weighted by molar-refractivity contribution is -0.157. The zero-order chi connectivity index (χ0) is 42.7.